The number of methoxy groups -OCH3 is 1. The van der Waals surface area contributed by atoms with Crippen LogP contribution >= 0.6 is 0 Å². The van der Waals surface area contributed by atoms with Gasteiger partial charge in [0.25, 0.3) is 5.91 Å². The average molecular weight is 416 g/mol. The number of aromatic nitrogens is 2. The van der Waals surface area contributed by atoms with Crippen LogP contribution in [-0.2, 0) is 27.0 Å². The van der Waals surface area contributed by atoms with Crippen molar-refractivity contribution >= 4 is 11.8 Å². The third-order valence-corrected chi connectivity index (χ3v) is 5.87. The summed E-state index contributed by atoms with van der Waals surface area (Å²) in [4.78, 5) is 28.3. The summed E-state index contributed by atoms with van der Waals surface area (Å²) in [5.41, 5.74) is -0.695. The third kappa shape index (κ3) is 4.12. The first kappa shape index (κ1) is 21.6. The quantitative estimate of drug-likeness (QED) is 0.690. The predicted octanol–water partition coefficient (Wildman–Crippen LogP) is 2.08. The maximum absolute atomic E-state index is 12.8. The van der Waals surface area contributed by atoms with Crippen molar-refractivity contribution in [1.82, 2.24) is 19.6 Å². The molecular weight excluding hydrogens is 389 g/mol. The predicted molar refractivity (Wildman–Crippen MR) is 97.8 cm³/mol. The first-order chi connectivity index (χ1) is 13.5. The average Bonchev–Trinajstić information content (AvgIpc) is 3.00. The Bertz CT molecular complexity index is 769. The lowest BCUT2D eigenvalue weighted by atomic mass is 9.79. The Hall–Kier alpha value is -2.10. The molecule has 0 saturated carbocycles. The van der Waals surface area contributed by atoms with Crippen LogP contribution in [0.4, 0.5) is 13.2 Å². The summed E-state index contributed by atoms with van der Waals surface area (Å²) in [5, 5.41) is 3.52. The zero-order chi connectivity index (χ0) is 21.5. The number of likely N-dealkylation sites (tertiary alicyclic amines) is 2. The second-order valence-corrected chi connectivity index (χ2v) is 8.03. The first-order valence-corrected chi connectivity index (χ1v) is 9.79. The van der Waals surface area contributed by atoms with Crippen LogP contribution in [0.3, 0.4) is 0 Å². The number of alkyl halides is 3. The van der Waals surface area contributed by atoms with Crippen LogP contribution in [0.1, 0.15) is 38.1 Å². The third-order valence-electron chi connectivity index (χ3n) is 5.87. The highest BCUT2D eigenvalue weighted by Gasteiger charge is 2.52. The summed E-state index contributed by atoms with van der Waals surface area (Å²) >= 11 is 0. The van der Waals surface area contributed by atoms with Gasteiger partial charge < -0.3 is 14.5 Å². The van der Waals surface area contributed by atoms with Gasteiger partial charge in [0.05, 0.1) is 6.04 Å². The van der Waals surface area contributed by atoms with E-state index in [0.29, 0.717) is 18.8 Å². The van der Waals surface area contributed by atoms with E-state index in [0.717, 1.165) is 23.6 Å². The van der Waals surface area contributed by atoms with Gasteiger partial charge in [-0.05, 0) is 45.6 Å². The number of carbonyl (C=O) groups is 2. The van der Waals surface area contributed by atoms with Crippen molar-refractivity contribution in [2.75, 3.05) is 20.2 Å². The minimum absolute atomic E-state index is 0.000585. The molecule has 0 aromatic carbocycles. The van der Waals surface area contributed by atoms with Crippen LogP contribution in [0.5, 0.6) is 0 Å². The number of ether oxygens (including phenoxy) is 1. The molecule has 7 nitrogen and oxygen atoms in total. The molecule has 3 heterocycles. The second kappa shape index (κ2) is 7.97. The standard InChI is InChI=1S/C19H27F3N4O3/c1-11(2)26-16(17(29-4)18(26)28)13-5-7-24(8-6-13)15(27)10-25-12(3)9-14(23-25)19(20,21)22/h9,11,13,16-17H,5-8,10H2,1-4H3/t16-,17+/m0/s1. The Labute approximate surface area is 167 Å². The molecular formula is C19H27F3N4O3. The molecule has 0 bridgehead atoms. The number of nitrogens with zero attached hydrogens (tertiary/aromatic N) is 4. The summed E-state index contributed by atoms with van der Waals surface area (Å²) in [6.45, 7) is 6.23. The van der Waals surface area contributed by atoms with Crippen molar-refractivity contribution in [3.05, 3.63) is 17.5 Å². The number of carbonyl (C=O) groups excluding carboxylic acids is 2. The van der Waals surface area contributed by atoms with Gasteiger partial charge in [-0.3, -0.25) is 14.3 Å². The summed E-state index contributed by atoms with van der Waals surface area (Å²) in [7, 11) is 1.54. The summed E-state index contributed by atoms with van der Waals surface area (Å²) in [6.07, 6.45) is -3.52. The molecule has 29 heavy (non-hydrogen) atoms. The van der Waals surface area contributed by atoms with E-state index in [1.165, 1.54) is 14.0 Å². The number of β-lactam (4-membered cyclic amide) rings is 1. The Morgan fingerprint density at radius 2 is 1.93 bits per heavy atom. The first-order valence-electron chi connectivity index (χ1n) is 9.79. The van der Waals surface area contributed by atoms with Gasteiger partial charge in [0.2, 0.25) is 5.91 Å². The maximum Gasteiger partial charge on any atom is 0.435 e. The number of hydrogen-bond acceptors (Lipinski definition) is 4. The van der Waals surface area contributed by atoms with Gasteiger partial charge in [-0.15, -0.1) is 0 Å². The molecule has 1 aromatic rings. The van der Waals surface area contributed by atoms with Crippen LogP contribution in [0.2, 0.25) is 0 Å². The molecule has 0 unspecified atom stereocenters. The van der Waals surface area contributed by atoms with Gasteiger partial charge in [-0.2, -0.15) is 18.3 Å². The summed E-state index contributed by atoms with van der Waals surface area (Å²) in [5.74, 6) is -0.0231. The zero-order valence-electron chi connectivity index (χ0n) is 17.1. The van der Waals surface area contributed by atoms with Crippen molar-refractivity contribution in [3.8, 4) is 0 Å². The number of halogens is 3. The SMILES string of the molecule is CO[C@H]1C(=O)N(C(C)C)[C@H]1C1CCN(C(=O)Cn2nc(C(F)(F)F)cc2C)CC1. The lowest BCUT2D eigenvalue weighted by Crippen LogP contribution is -2.70. The fourth-order valence-electron chi connectivity index (χ4n) is 4.34. The number of rotatable bonds is 5. The molecule has 2 atom stereocenters. The zero-order valence-corrected chi connectivity index (χ0v) is 17.1. The van der Waals surface area contributed by atoms with Crippen LogP contribution in [0.25, 0.3) is 0 Å². The highest BCUT2D eigenvalue weighted by Crippen LogP contribution is 2.36. The van der Waals surface area contributed by atoms with E-state index in [2.05, 4.69) is 5.10 Å². The Morgan fingerprint density at radius 3 is 2.41 bits per heavy atom. The van der Waals surface area contributed by atoms with Crippen molar-refractivity contribution in [3.63, 3.8) is 0 Å². The van der Waals surface area contributed by atoms with Crippen molar-refractivity contribution in [2.45, 2.75) is 64.5 Å². The molecule has 2 amide bonds. The summed E-state index contributed by atoms with van der Waals surface area (Å²) < 4.78 is 44.9. The van der Waals surface area contributed by atoms with Gasteiger partial charge in [0.15, 0.2) is 11.8 Å². The highest BCUT2D eigenvalue weighted by molar-refractivity contribution is 5.88. The lowest BCUT2D eigenvalue weighted by Gasteiger charge is -2.53. The van der Waals surface area contributed by atoms with Crippen molar-refractivity contribution in [1.29, 1.82) is 0 Å². The second-order valence-electron chi connectivity index (χ2n) is 8.03. The molecule has 2 aliphatic heterocycles. The number of aryl methyl sites for hydroxylation is 1. The van der Waals surface area contributed by atoms with E-state index in [9.17, 15) is 22.8 Å². The lowest BCUT2D eigenvalue weighted by molar-refractivity contribution is -0.182. The fraction of sp³-hybridized carbons (Fsp3) is 0.737. The molecule has 2 saturated heterocycles. The largest absolute Gasteiger partial charge is 0.435 e. The minimum atomic E-state index is -4.53. The monoisotopic (exact) mass is 416 g/mol. The molecule has 0 aliphatic carbocycles. The van der Waals surface area contributed by atoms with Gasteiger partial charge in [0.1, 0.15) is 6.54 Å². The van der Waals surface area contributed by atoms with Gasteiger partial charge in [0, 0.05) is 31.9 Å². The fourth-order valence-corrected chi connectivity index (χ4v) is 4.34. The van der Waals surface area contributed by atoms with Crippen molar-refractivity contribution in [2.24, 2.45) is 5.92 Å². The molecule has 0 N–H and O–H groups in total. The highest BCUT2D eigenvalue weighted by atomic mass is 19.4. The van der Waals surface area contributed by atoms with Gasteiger partial charge in [-0.25, -0.2) is 0 Å². The molecule has 1 aromatic heterocycles. The number of piperidine rings is 1. The topological polar surface area (TPSA) is 67.7 Å². The van der Waals surface area contributed by atoms with E-state index in [4.69, 9.17) is 4.74 Å². The van der Waals surface area contributed by atoms with Crippen LogP contribution < -0.4 is 0 Å². The van der Waals surface area contributed by atoms with E-state index < -0.39 is 18.0 Å². The Balaban J connectivity index is 1.59. The van der Waals surface area contributed by atoms with Crippen LogP contribution in [-0.4, -0.2) is 69.8 Å². The smallest absolute Gasteiger partial charge is 0.369 e. The van der Waals surface area contributed by atoms with E-state index >= 15 is 0 Å². The molecule has 162 valence electrons. The molecule has 0 radical (unpaired) electrons. The van der Waals surface area contributed by atoms with Crippen LogP contribution in [0.15, 0.2) is 6.07 Å². The summed E-state index contributed by atoms with van der Waals surface area (Å²) in [6, 6.07) is 1.04. The number of hydrogen-bond donors (Lipinski definition) is 0. The van der Waals surface area contributed by atoms with Gasteiger partial charge in [-0.1, -0.05) is 0 Å². The van der Waals surface area contributed by atoms with Crippen molar-refractivity contribution < 1.29 is 27.5 Å². The molecule has 2 aliphatic rings. The van der Waals surface area contributed by atoms with E-state index in [1.807, 2.05) is 18.7 Å². The normalized spacial score (nSPS) is 23.7. The minimum Gasteiger partial charge on any atom is -0.369 e. The Morgan fingerprint density at radius 1 is 1.31 bits per heavy atom. The van der Waals surface area contributed by atoms with Crippen LogP contribution in [0, 0.1) is 12.8 Å². The number of amides is 2. The molecule has 10 heteroatoms. The van der Waals surface area contributed by atoms with E-state index in [1.54, 1.807) is 4.90 Å². The molecule has 3 rings (SSSR count). The maximum atomic E-state index is 12.8. The molecule has 0 spiro atoms. The Kier molecular flexibility index (Phi) is 5.93. The van der Waals surface area contributed by atoms with E-state index in [-0.39, 0.29) is 36.4 Å². The van der Waals surface area contributed by atoms with Gasteiger partial charge >= 0.3 is 6.18 Å². The molecule has 2 fully saturated rings.